The van der Waals surface area contributed by atoms with Gasteiger partial charge in [0.05, 0.1) is 6.54 Å². The van der Waals surface area contributed by atoms with Crippen molar-refractivity contribution in [3.05, 3.63) is 0 Å². The van der Waals surface area contributed by atoms with Crippen LogP contribution < -0.4 is 0 Å². The number of nitrogens with zero attached hydrogens (tertiary/aromatic N) is 1. The Labute approximate surface area is 128 Å². The quantitative estimate of drug-likeness (QED) is 0.687. The van der Waals surface area contributed by atoms with Gasteiger partial charge in [0.15, 0.2) is 17.5 Å². The van der Waals surface area contributed by atoms with E-state index in [2.05, 4.69) is 0 Å². The molecule has 22 heavy (non-hydrogen) atoms. The topological polar surface area (TPSA) is 91.4 Å². The SMILES string of the molecule is CC(=O)OCC12CN(C(C)=O)C(OC(C)=O)C1OC(C)(C)O2. The monoisotopic (exact) mass is 315 g/mol. The zero-order valence-corrected chi connectivity index (χ0v) is 13.4. The van der Waals surface area contributed by atoms with Crippen molar-refractivity contribution in [3.8, 4) is 0 Å². The fourth-order valence-electron chi connectivity index (χ4n) is 2.93. The van der Waals surface area contributed by atoms with Crippen LogP contribution in [0.4, 0.5) is 0 Å². The minimum absolute atomic E-state index is 0.0853. The van der Waals surface area contributed by atoms with Gasteiger partial charge in [-0.05, 0) is 13.8 Å². The molecular formula is C14H21NO7. The molecule has 0 aromatic carbocycles. The lowest BCUT2D eigenvalue weighted by Gasteiger charge is -2.29. The van der Waals surface area contributed by atoms with Gasteiger partial charge in [-0.2, -0.15) is 0 Å². The Bertz CT molecular complexity index is 503. The number of ether oxygens (including phenoxy) is 4. The maximum absolute atomic E-state index is 11.8. The molecule has 2 heterocycles. The molecule has 2 aliphatic rings. The number of likely N-dealkylation sites (tertiary alicyclic amines) is 1. The molecule has 0 aromatic heterocycles. The molecule has 124 valence electrons. The third-order valence-electron chi connectivity index (χ3n) is 3.59. The highest BCUT2D eigenvalue weighted by Crippen LogP contribution is 2.45. The Morgan fingerprint density at radius 1 is 1.18 bits per heavy atom. The van der Waals surface area contributed by atoms with Crippen LogP contribution in [0.2, 0.25) is 0 Å². The Kier molecular flexibility index (Phi) is 4.18. The zero-order valence-electron chi connectivity index (χ0n) is 13.4. The molecule has 8 heteroatoms. The van der Waals surface area contributed by atoms with E-state index in [-0.39, 0.29) is 19.1 Å². The number of carbonyl (C=O) groups excluding carboxylic acids is 3. The molecule has 2 fully saturated rings. The number of hydrogen-bond donors (Lipinski definition) is 0. The molecule has 3 unspecified atom stereocenters. The van der Waals surface area contributed by atoms with Crippen LogP contribution in [-0.2, 0) is 33.3 Å². The Morgan fingerprint density at radius 2 is 1.82 bits per heavy atom. The van der Waals surface area contributed by atoms with Crippen molar-refractivity contribution in [2.24, 2.45) is 0 Å². The van der Waals surface area contributed by atoms with Crippen LogP contribution in [-0.4, -0.2) is 59.6 Å². The second-order valence-corrected chi connectivity index (χ2v) is 6.03. The fraction of sp³-hybridized carbons (Fsp3) is 0.786. The van der Waals surface area contributed by atoms with Crippen LogP contribution >= 0.6 is 0 Å². The van der Waals surface area contributed by atoms with E-state index in [1.165, 1.54) is 25.7 Å². The molecule has 0 saturated carbocycles. The second kappa shape index (κ2) is 5.51. The van der Waals surface area contributed by atoms with Crippen molar-refractivity contribution >= 4 is 17.8 Å². The van der Waals surface area contributed by atoms with E-state index in [0.29, 0.717) is 0 Å². The predicted molar refractivity (Wildman–Crippen MR) is 72.3 cm³/mol. The normalized spacial score (nSPS) is 32.5. The van der Waals surface area contributed by atoms with Gasteiger partial charge in [0, 0.05) is 20.8 Å². The Balaban J connectivity index is 2.33. The molecule has 2 saturated heterocycles. The van der Waals surface area contributed by atoms with Crippen LogP contribution in [0.3, 0.4) is 0 Å². The maximum atomic E-state index is 11.8. The van der Waals surface area contributed by atoms with E-state index in [1.807, 2.05) is 0 Å². The van der Waals surface area contributed by atoms with Crippen molar-refractivity contribution < 1.29 is 33.3 Å². The molecule has 0 N–H and O–H groups in total. The van der Waals surface area contributed by atoms with Crippen molar-refractivity contribution in [3.63, 3.8) is 0 Å². The van der Waals surface area contributed by atoms with Crippen LogP contribution in [0.25, 0.3) is 0 Å². The smallest absolute Gasteiger partial charge is 0.304 e. The molecule has 8 nitrogen and oxygen atoms in total. The van der Waals surface area contributed by atoms with Crippen molar-refractivity contribution in [1.29, 1.82) is 0 Å². The van der Waals surface area contributed by atoms with Gasteiger partial charge >= 0.3 is 11.9 Å². The summed E-state index contributed by atoms with van der Waals surface area (Å²) < 4.78 is 22.1. The highest BCUT2D eigenvalue weighted by atomic mass is 16.8. The highest BCUT2D eigenvalue weighted by molar-refractivity contribution is 5.75. The van der Waals surface area contributed by atoms with Gasteiger partial charge in [-0.1, -0.05) is 0 Å². The van der Waals surface area contributed by atoms with E-state index < -0.39 is 35.7 Å². The minimum atomic E-state index is -1.05. The van der Waals surface area contributed by atoms with Crippen LogP contribution in [0.15, 0.2) is 0 Å². The summed E-state index contributed by atoms with van der Waals surface area (Å²) in [7, 11) is 0. The molecule has 1 amide bonds. The van der Waals surface area contributed by atoms with Crippen LogP contribution in [0.5, 0.6) is 0 Å². The third-order valence-corrected chi connectivity index (χ3v) is 3.59. The first kappa shape index (κ1) is 16.7. The van der Waals surface area contributed by atoms with Gasteiger partial charge in [0.2, 0.25) is 12.1 Å². The Morgan fingerprint density at radius 3 is 2.32 bits per heavy atom. The summed E-state index contributed by atoms with van der Waals surface area (Å²) in [4.78, 5) is 35.7. The Hall–Kier alpha value is -1.67. The first-order valence-electron chi connectivity index (χ1n) is 7.02. The largest absolute Gasteiger partial charge is 0.463 e. The molecule has 0 spiro atoms. The van der Waals surface area contributed by atoms with Gasteiger partial charge in [-0.3, -0.25) is 14.4 Å². The first-order chi connectivity index (χ1) is 10.1. The van der Waals surface area contributed by atoms with Crippen LogP contribution in [0, 0.1) is 0 Å². The van der Waals surface area contributed by atoms with E-state index in [4.69, 9.17) is 18.9 Å². The summed E-state index contributed by atoms with van der Waals surface area (Å²) in [6.07, 6.45) is -1.64. The number of rotatable bonds is 3. The molecule has 0 aliphatic carbocycles. The predicted octanol–water partition coefficient (Wildman–Crippen LogP) is 0.191. The summed E-state index contributed by atoms with van der Waals surface area (Å²) >= 11 is 0. The van der Waals surface area contributed by atoms with Crippen LogP contribution in [0.1, 0.15) is 34.6 Å². The van der Waals surface area contributed by atoms with E-state index >= 15 is 0 Å². The second-order valence-electron chi connectivity index (χ2n) is 6.03. The molecule has 3 atom stereocenters. The lowest BCUT2D eigenvalue weighted by molar-refractivity contribution is -0.203. The van der Waals surface area contributed by atoms with Crippen molar-refractivity contribution in [2.75, 3.05) is 13.2 Å². The number of esters is 2. The fourth-order valence-corrected chi connectivity index (χ4v) is 2.93. The van der Waals surface area contributed by atoms with Gasteiger partial charge in [0.1, 0.15) is 6.61 Å². The summed E-state index contributed by atoms with van der Waals surface area (Å²) in [5.74, 6) is -2.22. The average molecular weight is 315 g/mol. The van der Waals surface area contributed by atoms with E-state index in [0.717, 1.165) is 0 Å². The summed E-state index contributed by atoms with van der Waals surface area (Å²) in [6.45, 7) is 7.36. The van der Waals surface area contributed by atoms with E-state index in [1.54, 1.807) is 13.8 Å². The lowest BCUT2D eigenvalue weighted by Crippen LogP contribution is -2.46. The molecule has 0 radical (unpaired) electrons. The average Bonchev–Trinajstić information content (AvgIpc) is 2.76. The summed E-state index contributed by atoms with van der Waals surface area (Å²) in [5, 5.41) is 0. The van der Waals surface area contributed by atoms with Gasteiger partial charge < -0.3 is 23.8 Å². The maximum Gasteiger partial charge on any atom is 0.304 e. The van der Waals surface area contributed by atoms with Gasteiger partial charge in [-0.25, -0.2) is 0 Å². The highest BCUT2D eigenvalue weighted by Gasteiger charge is 2.65. The van der Waals surface area contributed by atoms with Gasteiger partial charge in [-0.15, -0.1) is 0 Å². The molecule has 0 bridgehead atoms. The molecular weight excluding hydrogens is 294 g/mol. The number of carbonyl (C=O) groups is 3. The number of fused-ring (bicyclic) bond motifs is 1. The number of amides is 1. The van der Waals surface area contributed by atoms with Crippen molar-refractivity contribution in [1.82, 2.24) is 4.90 Å². The van der Waals surface area contributed by atoms with E-state index in [9.17, 15) is 14.4 Å². The molecule has 2 rings (SSSR count). The summed E-state index contributed by atoms with van der Waals surface area (Å²) in [6, 6.07) is 0. The third kappa shape index (κ3) is 3.07. The van der Waals surface area contributed by atoms with Gasteiger partial charge in [0.25, 0.3) is 0 Å². The molecule has 2 aliphatic heterocycles. The summed E-state index contributed by atoms with van der Waals surface area (Å²) in [5.41, 5.74) is -1.05. The van der Waals surface area contributed by atoms with Crippen molar-refractivity contribution in [2.45, 2.75) is 58.3 Å². The lowest BCUT2D eigenvalue weighted by atomic mass is 10.0. The minimum Gasteiger partial charge on any atom is -0.463 e. The molecule has 0 aromatic rings. The number of hydrogen-bond acceptors (Lipinski definition) is 7. The first-order valence-corrected chi connectivity index (χ1v) is 7.02. The standard InChI is InChI=1S/C14H21NO7/c1-8(16)15-6-14(7-19-9(2)17)11(12(15)20-10(3)18)21-13(4,5)22-14/h11-12H,6-7H2,1-5H3. The zero-order chi connectivity index (χ0) is 16.7.